The van der Waals surface area contributed by atoms with Gasteiger partial charge in [-0.05, 0) is 23.8 Å². The van der Waals surface area contributed by atoms with Crippen molar-refractivity contribution < 1.29 is 24.1 Å². The van der Waals surface area contributed by atoms with Gasteiger partial charge < -0.3 is 19.3 Å². The van der Waals surface area contributed by atoms with Gasteiger partial charge in [-0.15, -0.1) is 0 Å². The van der Waals surface area contributed by atoms with Gasteiger partial charge in [0.1, 0.15) is 41.8 Å². The largest absolute Gasteiger partial charge is 0.508 e. The summed E-state index contributed by atoms with van der Waals surface area (Å²) in [5, 5.41) is 9.34. The maximum Gasteiger partial charge on any atom is 0.193 e. The van der Waals surface area contributed by atoms with Gasteiger partial charge in [0.15, 0.2) is 5.78 Å². The van der Waals surface area contributed by atoms with Gasteiger partial charge in [0.2, 0.25) is 0 Å². The summed E-state index contributed by atoms with van der Waals surface area (Å²) >= 11 is 0. The first-order chi connectivity index (χ1) is 13.1. The highest BCUT2D eigenvalue weighted by atomic mass is 16.5. The first-order valence-corrected chi connectivity index (χ1v) is 8.30. The quantitative estimate of drug-likeness (QED) is 0.383. The number of phenolic OH excluding ortho intramolecular Hbond substituents is 1. The Morgan fingerprint density at radius 2 is 1.67 bits per heavy atom. The Morgan fingerprint density at radius 1 is 1.04 bits per heavy atom. The van der Waals surface area contributed by atoms with Crippen LogP contribution < -0.4 is 14.2 Å². The van der Waals surface area contributed by atoms with E-state index in [9.17, 15) is 9.90 Å². The van der Waals surface area contributed by atoms with E-state index in [1.54, 1.807) is 54.6 Å². The van der Waals surface area contributed by atoms with Crippen molar-refractivity contribution in [2.24, 2.45) is 0 Å². The zero-order chi connectivity index (χ0) is 19.6. The molecular weight excluding hydrogens is 344 g/mol. The van der Waals surface area contributed by atoms with Crippen molar-refractivity contribution in [3.8, 4) is 23.0 Å². The lowest BCUT2D eigenvalue weighted by Crippen LogP contribution is -2.06. The lowest BCUT2D eigenvalue weighted by molar-refractivity contribution is 0.104. The molecule has 0 saturated heterocycles. The molecule has 0 aliphatic carbocycles. The van der Waals surface area contributed by atoms with Gasteiger partial charge in [-0.3, -0.25) is 4.79 Å². The van der Waals surface area contributed by atoms with Gasteiger partial charge in [-0.2, -0.15) is 0 Å². The number of rotatable bonds is 10. The second kappa shape index (κ2) is 9.87. The first kappa shape index (κ1) is 19.8. The fraction of sp³-hybridized carbons (Fsp3) is 0.136. The van der Waals surface area contributed by atoms with Crippen LogP contribution in [0, 0.1) is 0 Å². The van der Waals surface area contributed by atoms with Crippen molar-refractivity contribution in [3.63, 3.8) is 0 Å². The minimum absolute atomic E-state index is 0.162. The number of carbonyl (C=O) groups excluding carboxylic acids is 1. The topological polar surface area (TPSA) is 65.0 Å². The van der Waals surface area contributed by atoms with Crippen LogP contribution in [0.5, 0.6) is 23.0 Å². The molecule has 0 saturated carbocycles. The van der Waals surface area contributed by atoms with Crippen LogP contribution in [-0.4, -0.2) is 31.2 Å². The van der Waals surface area contributed by atoms with E-state index < -0.39 is 0 Å². The Hall–Kier alpha value is -3.47. The van der Waals surface area contributed by atoms with E-state index >= 15 is 0 Å². The molecule has 1 N–H and O–H groups in total. The van der Waals surface area contributed by atoms with Crippen LogP contribution in [0.1, 0.15) is 15.9 Å². The monoisotopic (exact) mass is 366 g/mol. The number of hydrogen-bond acceptors (Lipinski definition) is 5. The van der Waals surface area contributed by atoms with Crippen molar-refractivity contribution in [2.75, 3.05) is 20.3 Å². The normalized spacial score (nSPS) is 10.4. The highest BCUT2D eigenvalue weighted by molar-refractivity contribution is 6.10. The Kier molecular flexibility index (Phi) is 7.26. The van der Waals surface area contributed by atoms with Crippen LogP contribution in [0.25, 0.3) is 6.08 Å². The molecule has 0 atom stereocenters. The van der Waals surface area contributed by atoms with Gasteiger partial charge in [-0.1, -0.05) is 43.5 Å². The number of carbonyl (C=O) groups is 1. The number of hydrogen-bond donors (Lipinski definition) is 1. The highest BCUT2D eigenvalue weighted by Crippen LogP contribution is 2.35. The second-order valence-electron chi connectivity index (χ2n) is 5.49. The summed E-state index contributed by atoms with van der Waals surface area (Å²) in [6, 6.07) is 9.78. The van der Waals surface area contributed by atoms with Crippen LogP contribution in [0.4, 0.5) is 0 Å². The van der Waals surface area contributed by atoms with E-state index in [4.69, 9.17) is 14.2 Å². The molecule has 0 aliphatic rings. The number of ether oxygens (including phenoxy) is 3. The van der Waals surface area contributed by atoms with E-state index in [-0.39, 0.29) is 18.1 Å². The van der Waals surface area contributed by atoms with E-state index in [1.807, 2.05) is 0 Å². The lowest BCUT2D eigenvalue weighted by atomic mass is 10.1. The fourth-order valence-electron chi connectivity index (χ4n) is 2.31. The summed E-state index contributed by atoms with van der Waals surface area (Å²) in [7, 11) is 1.48. The molecule has 0 unspecified atom stereocenters. The molecule has 0 aromatic heterocycles. The minimum atomic E-state index is -0.283. The van der Waals surface area contributed by atoms with Crippen LogP contribution in [-0.2, 0) is 0 Å². The molecule has 0 bridgehead atoms. The molecule has 0 aliphatic heterocycles. The SMILES string of the molecule is C=CCOc1cc(OC)c(C(=O)C=Cc2ccc(O)cc2)c(OCC=C)c1. The molecule has 0 spiro atoms. The Bertz CT molecular complexity index is 835. The van der Waals surface area contributed by atoms with Crippen LogP contribution in [0.15, 0.2) is 67.8 Å². The summed E-state index contributed by atoms with van der Waals surface area (Å²) in [5.41, 5.74) is 1.07. The summed E-state index contributed by atoms with van der Waals surface area (Å²) < 4.78 is 16.6. The highest BCUT2D eigenvalue weighted by Gasteiger charge is 2.19. The number of phenols is 1. The molecule has 0 radical (unpaired) electrons. The number of aromatic hydroxyl groups is 1. The van der Waals surface area contributed by atoms with E-state index in [0.717, 1.165) is 5.56 Å². The average Bonchev–Trinajstić information content (AvgIpc) is 2.69. The summed E-state index contributed by atoms with van der Waals surface area (Å²) in [6.45, 7) is 7.79. The third-order valence-corrected chi connectivity index (χ3v) is 3.55. The smallest absolute Gasteiger partial charge is 0.193 e. The average molecular weight is 366 g/mol. The van der Waals surface area contributed by atoms with Crippen molar-refractivity contribution in [2.45, 2.75) is 0 Å². The predicted octanol–water partition coefficient (Wildman–Crippen LogP) is 4.43. The number of benzene rings is 2. The van der Waals surface area contributed by atoms with Crippen LogP contribution in [0.3, 0.4) is 0 Å². The maximum atomic E-state index is 12.8. The number of allylic oxidation sites excluding steroid dienone is 1. The lowest BCUT2D eigenvalue weighted by Gasteiger charge is -2.15. The molecule has 0 fully saturated rings. The van der Waals surface area contributed by atoms with E-state index in [1.165, 1.54) is 13.2 Å². The summed E-state index contributed by atoms with van der Waals surface area (Å²) in [6.07, 6.45) is 6.29. The van der Waals surface area contributed by atoms with E-state index in [0.29, 0.717) is 29.4 Å². The molecule has 140 valence electrons. The van der Waals surface area contributed by atoms with Gasteiger partial charge in [0.25, 0.3) is 0 Å². The summed E-state index contributed by atoms with van der Waals surface area (Å²) in [4.78, 5) is 12.8. The molecule has 5 heteroatoms. The standard InChI is InChI=1S/C22H22O5/c1-4-12-26-18-14-20(25-3)22(21(15-18)27-13-5-2)19(24)11-8-16-6-9-17(23)10-7-16/h4-11,14-15,23H,1-2,12-13H2,3H3. The molecular formula is C22H22O5. The Morgan fingerprint density at radius 3 is 2.30 bits per heavy atom. The molecule has 2 rings (SSSR count). The summed E-state index contributed by atoms with van der Waals surface area (Å²) in [5.74, 6) is 1.07. The third kappa shape index (κ3) is 5.51. The molecule has 2 aromatic rings. The van der Waals surface area contributed by atoms with Crippen molar-refractivity contribution in [1.82, 2.24) is 0 Å². The molecule has 0 amide bonds. The second-order valence-corrected chi connectivity index (χ2v) is 5.49. The predicted molar refractivity (Wildman–Crippen MR) is 106 cm³/mol. The maximum absolute atomic E-state index is 12.8. The van der Waals surface area contributed by atoms with Gasteiger partial charge in [-0.25, -0.2) is 0 Å². The van der Waals surface area contributed by atoms with Gasteiger partial charge >= 0.3 is 0 Å². The van der Waals surface area contributed by atoms with E-state index in [2.05, 4.69) is 13.2 Å². The molecule has 0 heterocycles. The zero-order valence-corrected chi connectivity index (χ0v) is 15.2. The number of ketones is 1. The fourth-order valence-corrected chi connectivity index (χ4v) is 2.31. The van der Waals surface area contributed by atoms with Gasteiger partial charge in [0, 0.05) is 12.1 Å². The molecule has 5 nitrogen and oxygen atoms in total. The first-order valence-electron chi connectivity index (χ1n) is 8.30. The van der Waals surface area contributed by atoms with Crippen LogP contribution >= 0.6 is 0 Å². The van der Waals surface area contributed by atoms with Gasteiger partial charge in [0.05, 0.1) is 7.11 Å². The Labute approximate surface area is 158 Å². The third-order valence-electron chi connectivity index (χ3n) is 3.55. The molecule has 27 heavy (non-hydrogen) atoms. The van der Waals surface area contributed by atoms with Crippen LogP contribution in [0.2, 0.25) is 0 Å². The van der Waals surface area contributed by atoms with Crippen molar-refractivity contribution in [1.29, 1.82) is 0 Å². The minimum Gasteiger partial charge on any atom is -0.508 e. The van der Waals surface area contributed by atoms with Crippen molar-refractivity contribution in [3.05, 3.63) is 78.9 Å². The zero-order valence-electron chi connectivity index (χ0n) is 15.2. The Balaban J connectivity index is 2.38. The van der Waals surface area contributed by atoms with Crippen molar-refractivity contribution >= 4 is 11.9 Å². The number of methoxy groups -OCH3 is 1. The molecule has 2 aromatic carbocycles.